The van der Waals surface area contributed by atoms with Crippen molar-refractivity contribution in [2.75, 3.05) is 18.0 Å². The molecule has 1 saturated heterocycles. The Hall–Kier alpha value is -1.16. The quantitative estimate of drug-likeness (QED) is 0.846. The van der Waals surface area contributed by atoms with Gasteiger partial charge in [-0.3, -0.25) is 0 Å². The molecule has 1 aromatic rings. The zero-order valence-electron chi connectivity index (χ0n) is 13.4. The third-order valence-electron chi connectivity index (χ3n) is 5.08. The topological polar surface area (TPSA) is 41.1 Å². The van der Waals surface area contributed by atoms with E-state index in [4.69, 9.17) is 4.98 Å². The SMILES string of the molecule is CCCNCc1cnc(N2CCC3CCCCC32)nc1C. The molecule has 2 aliphatic rings. The third-order valence-corrected chi connectivity index (χ3v) is 5.08. The van der Waals surface area contributed by atoms with Crippen molar-refractivity contribution in [1.29, 1.82) is 0 Å². The maximum absolute atomic E-state index is 4.80. The number of nitrogens with one attached hydrogen (secondary N) is 1. The Bertz CT molecular complexity index is 474. The Morgan fingerprint density at radius 3 is 2.95 bits per heavy atom. The Kier molecular flexibility index (Phi) is 4.73. The van der Waals surface area contributed by atoms with Gasteiger partial charge in [-0.15, -0.1) is 0 Å². The van der Waals surface area contributed by atoms with Gasteiger partial charge in [-0.1, -0.05) is 19.8 Å². The van der Waals surface area contributed by atoms with Crippen LogP contribution in [0.15, 0.2) is 6.20 Å². The highest BCUT2D eigenvalue weighted by Gasteiger charge is 2.36. The van der Waals surface area contributed by atoms with Crippen molar-refractivity contribution in [2.24, 2.45) is 5.92 Å². The molecule has 0 aromatic carbocycles. The van der Waals surface area contributed by atoms with Crippen LogP contribution >= 0.6 is 0 Å². The van der Waals surface area contributed by atoms with Crippen molar-refractivity contribution in [2.45, 2.75) is 65.0 Å². The van der Waals surface area contributed by atoms with Crippen LogP contribution < -0.4 is 10.2 Å². The van der Waals surface area contributed by atoms with Crippen molar-refractivity contribution in [3.8, 4) is 0 Å². The molecule has 2 atom stereocenters. The molecule has 1 aromatic heterocycles. The van der Waals surface area contributed by atoms with E-state index in [9.17, 15) is 0 Å². The van der Waals surface area contributed by atoms with E-state index in [1.54, 1.807) is 0 Å². The first-order valence-corrected chi connectivity index (χ1v) is 8.59. The van der Waals surface area contributed by atoms with Gasteiger partial charge in [-0.25, -0.2) is 9.97 Å². The average Bonchev–Trinajstić information content (AvgIpc) is 2.93. The number of rotatable bonds is 5. The number of aryl methyl sites for hydroxylation is 1. The fourth-order valence-corrected chi connectivity index (χ4v) is 3.85. The minimum Gasteiger partial charge on any atom is -0.338 e. The molecule has 4 heteroatoms. The van der Waals surface area contributed by atoms with Gasteiger partial charge in [0.1, 0.15) is 0 Å². The van der Waals surface area contributed by atoms with Gasteiger partial charge in [0.15, 0.2) is 0 Å². The standard InChI is InChI=1S/C17H28N4/c1-3-9-18-11-15-12-19-17(20-13(15)2)21-10-8-14-6-4-5-7-16(14)21/h12,14,16,18H,3-11H2,1-2H3. The summed E-state index contributed by atoms with van der Waals surface area (Å²) in [6.45, 7) is 7.38. The molecule has 2 fully saturated rings. The summed E-state index contributed by atoms with van der Waals surface area (Å²) < 4.78 is 0. The molecular formula is C17H28N4. The first-order valence-electron chi connectivity index (χ1n) is 8.59. The van der Waals surface area contributed by atoms with Crippen molar-refractivity contribution < 1.29 is 0 Å². The summed E-state index contributed by atoms with van der Waals surface area (Å²) in [7, 11) is 0. The van der Waals surface area contributed by atoms with Gasteiger partial charge < -0.3 is 10.2 Å². The molecule has 0 spiro atoms. The van der Waals surface area contributed by atoms with Crippen LogP contribution in [0.3, 0.4) is 0 Å². The van der Waals surface area contributed by atoms with Crippen LogP contribution in [0, 0.1) is 12.8 Å². The lowest BCUT2D eigenvalue weighted by atomic mass is 9.85. The lowest BCUT2D eigenvalue weighted by Crippen LogP contribution is -2.36. The number of hydrogen-bond donors (Lipinski definition) is 1. The molecule has 1 N–H and O–H groups in total. The summed E-state index contributed by atoms with van der Waals surface area (Å²) in [5.74, 6) is 1.84. The van der Waals surface area contributed by atoms with Crippen molar-refractivity contribution in [3.05, 3.63) is 17.5 Å². The second kappa shape index (κ2) is 6.73. The van der Waals surface area contributed by atoms with Crippen LogP contribution in [-0.2, 0) is 6.54 Å². The van der Waals surface area contributed by atoms with Gasteiger partial charge in [0.25, 0.3) is 0 Å². The lowest BCUT2D eigenvalue weighted by molar-refractivity contribution is 0.340. The molecule has 3 rings (SSSR count). The molecule has 1 saturated carbocycles. The molecule has 116 valence electrons. The van der Waals surface area contributed by atoms with Gasteiger partial charge >= 0.3 is 0 Å². The zero-order valence-corrected chi connectivity index (χ0v) is 13.4. The second-order valence-electron chi connectivity index (χ2n) is 6.55. The third kappa shape index (κ3) is 3.20. The molecule has 4 nitrogen and oxygen atoms in total. The number of aromatic nitrogens is 2. The molecule has 0 radical (unpaired) electrons. The highest BCUT2D eigenvalue weighted by Crippen LogP contribution is 2.37. The van der Waals surface area contributed by atoms with E-state index in [2.05, 4.69) is 29.0 Å². The van der Waals surface area contributed by atoms with E-state index in [-0.39, 0.29) is 0 Å². The first kappa shape index (κ1) is 14.8. The average molecular weight is 288 g/mol. The number of anilines is 1. The Morgan fingerprint density at radius 2 is 2.14 bits per heavy atom. The van der Waals surface area contributed by atoms with Gasteiger partial charge in [0.2, 0.25) is 5.95 Å². The lowest BCUT2D eigenvalue weighted by Gasteiger charge is -2.31. The molecule has 2 heterocycles. The van der Waals surface area contributed by atoms with E-state index >= 15 is 0 Å². The summed E-state index contributed by atoms with van der Waals surface area (Å²) in [6, 6.07) is 0.696. The molecule has 0 amide bonds. The van der Waals surface area contributed by atoms with Crippen LogP contribution in [0.5, 0.6) is 0 Å². The molecular weight excluding hydrogens is 260 g/mol. The Labute approximate surface area is 128 Å². The summed E-state index contributed by atoms with van der Waals surface area (Å²) in [4.78, 5) is 11.9. The number of hydrogen-bond acceptors (Lipinski definition) is 4. The summed E-state index contributed by atoms with van der Waals surface area (Å²) >= 11 is 0. The highest BCUT2D eigenvalue weighted by atomic mass is 15.3. The van der Waals surface area contributed by atoms with Gasteiger partial charge in [0.05, 0.1) is 0 Å². The highest BCUT2D eigenvalue weighted by molar-refractivity contribution is 5.36. The maximum atomic E-state index is 4.80. The number of nitrogens with zero attached hydrogens (tertiary/aromatic N) is 3. The minimum atomic E-state index is 0.696. The molecule has 1 aliphatic heterocycles. The zero-order chi connectivity index (χ0) is 14.7. The van der Waals surface area contributed by atoms with Gasteiger partial charge in [-0.05, 0) is 45.1 Å². The van der Waals surface area contributed by atoms with Crippen molar-refractivity contribution in [1.82, 2.24) is 15.3 Å². The molecule has 0 bridgehead atoms. The van der Waals surface area contributed by atoms with Crippen LogP contribution in [-0.4, -0.2) is 29.1 Å². The fourth-order valence-electron chi connectivity index (χ4n) is 3.85. The van der Waals surface area contributed by atoms with Crippen LogP contribution in [0.25, 0.3) is 0 Å². The van der Waals surface area contributed by atoms with E-state index in [1.165, 1.54) is 37.7 Å². The van der Waals surface area contributed by atoms with E-state index in [1.807, 2.05) is 6.20 Å². The van der Waals surface area contributed by atoms with Crippen LogP contribution in [0.4, 0.5) is 5.95 Å². The van der Waals surface area contributed by atoms with Crippen LogP contribution in [0.1, 0.15) is 56.7 Å². The summed E-state index contributed by atoms with van der Waals surface area (Å²) in [5.41, 5.74) is 2.36. The summed E-state index contributed by atoms with van der Waals surface area (Å²) in [6.07, 6.45) is 10.0. The summed E-state index contributed by atoms with van der Waals surface area (Å²) in [5, 5.41) is 3.43. The van der Waals surface area contributed by atoms with E-state index in [0.29, 0.717) is 6.04 Å². The van der Waals surface area contributed by atoms with Crippen molar-refractivity contribution in [3.63, 3.8) is 0 Å². The molecule has 21 heavy (non-hydrogen) atoms. The second-order valence-corrected chi connectivity index (χ2v) is 6.55. The van der Waals surface area contributed by atoms with E-state index in [0.717, 1.165) is 43.6 Å². The Morgan fingerprint density at radius 1 is 1.29 bits per heavy atom. The van der Waals surface area contributed by atoms with Crippen LogP contribution in [0.2, 0.25) is 0 Å². The molecule has 2 unspecified atom stereocenters. The van der Waals surface area contributed by atoms with Gasteiger partial charge in [0, 0.05) is 36.6 Å². The minimum absolute atomic E-state index is 0.696. The fraction of sp³-hybridized carbons (Fsp3) is 0.765. The van der Waals surface area contributed by atoms with Crippen molar-refractivity contribution >= 4 is 5.95 Å². The largest absolute Gasteiger partial charge is 0.338 e. The molecule has 1 aliphatic carbocycles. The number of fused-ring (bicyclic) bond motifs is 1. The predicted octanol–water partition coefficient (Wildman–Crippen LogP) is 3.05. The maximum Gasteiger partial charge on any atom is 0.225 e. The smallest absolute Gasteiger partial charge is 0.225 e. The first-order chi connectivity index (χ1) is 10.3. The van der Waals surface area contributed by atoms with E-state index < -0.39 is 0 Å². The Balaban J connectivity index is 1.70. The normalized spacial score (nSPS) is 25.1. The predicted molar refractivity (Wildman–Crippen MR) is 86.5 cm³/mol. The van der Waals surface area contributed by atoms with Gasteiger partial charge in [-0.2, -0.15) is 0 Å². The monoisotopic (exact) mass is 288 g/mol.